The zero-order valence-electron chi connectivity index (χ0n) is 42.3. The van der Waals surface area contributed by atoms with Crippen molar-refractivity contribution in [3.05, 3.63) is 191 Å². The van der Waals surface area contributed by atoms with Crippen LogP contribution in [0.4, 0.5) is 15.6 Å². The minimum absolute atomic E-state index is 0.0142. The second-order valence-electron chi connectivity index (χ2n) is 19.4. The first kappa shape index (κ1) is 51.3. The number of fused-ring (bicyclic) bond motifs is 4. The highest BCUT2D eigenvalue weighted by atomic mass is 32.1. The number of carbonyl (C=O) groups excluding carboxylic acids is 5. The molecule has 0 saturated carbocycles. The highest BCUT2D eigenvalue weighted by Crippen LogP contribution is 2.66. The number of morpholine rings is 1. The lowest BCUT2D eigenvalue weighted by atomic mass is 9.65. The van der Waals surface area contributed by atoms with Crippen LogP contribution >= 0.6 is 11.3 Å². The fourth-order valence-electron chi connectivity index (χ4n) is 11.1. The number of carbonyl (C=O) groups is 5. The van der Waals surface area contributed by atoms with Crippen LogP contribution in [0.1, 0.15) is 65.4 Å². The van der Waals surface area contributed by atoms with E-state index in [-0.39, 0.29) is 29.6 Å². The van der Waals surface area contributed by atoms with Gasteiger partial charge < -0.3 is 30.0 Å². The molecule has 0 aliphatic carbocycles. The summed E-state index contributed by atoms with van der Waals surface area (Å²) in [6.07, 6.45) is -0.961. The Morgan fingerprint density at radius 3 is 2.18 bits per heavy atom. The van der Waals surface area contributed by atoms with Gasteiger partial charge >= 0.3 is 18.0 Å². The van der Waals surface area contributed by atoms with Gasteiger partial charge in [-0.05, 0) is 83.2 Å². The van der Waals surface area contributed by atoms with E-state index in [1.54, 1.807) is 56.3 Å². The number of anilines is 2. The second kappa shape index (κ2) is 21.9. The van der Waals surface area contributed by atoms with E-state index in [4.69, 9.17) is 19.2 Å². The van der Waals surface area contributed by atoms with Gasteiger partial charge in [-0.25, -0.2) is 19.5 Å². The summed E-state index contributed by atoms with van der Waals surface area (Å²) in [4.78, 5) is 86.8. The average molecular weight is 1040 g/mol. The van der Waals surface area contributed by atoms with E-state index in [0.717, 1.165) is 20.7 Å². The van der Waals surface area contributed by atoms with E-state index in [1.807, 2.05) is 127 Å². The molecule has 4 heterocycles. The molecule has 1 aromatic heterocycles. The van der Waals surface area contributed by atoms with Gasteiger partial charge in [-0.3, -0.25) is 24.2 Å². The number of para-hydroxylation sites is 1. The molecular formula is C60H56N6O9S. The summed E-state index contributed by atoms with van der Waals surface area (Å²) in [5.41, 5.74) is 2.34. The zero-order chi connectivity index (χ0) is 53.1. The van der Waals surface area contributed by atoms with Crippen molar-refractivity contribution in [2.75, 3.05) is 44.1 Å². The van der Waals surface area contributed by atoms with Gasteiger partial charge in [-0.15, -0.1) is 0 Å². The molecule has 2 fully saturated rings. The Morgan fingerprint density at radius 1 is 0.842 bits per heavy atom. The van der Waals surface area contributed by atoms with Crippen molar-refractivity contribution in [2.24, 2.45) is 11.8 Å². The molecule has 10 rings (SSSR count). The number of nitrogens with zero attached hydrogens (tertiary/aromatic N) is 4. The van der Waals surface area contributed by atoms with Crippen LogP contribution in [0.2, 0.25) is 0 Å². The van der Waals surface area contributed by atoms with E-state index in [1.165, 1.54) is 18.4 Å². The maximum Gasteiger partial charge on any atom is 0.329 e. The first-order valence-corrected chi connectivity index (χ1v) is 25.9. The van der Waals surface area contributed by atoms with Gasteiger partial charge in [-0.2, -0.15) is 0 Å². The molecule has 76 heavy (non-hydrogen) atoms. The number of cyclic esters (lactones) is 1. The molecule has 6 aromatic carbocycles. The molecule has 3 aliphatic heterocycles. The van der Waals surface area contributed by atoms with E-state index in [9.17, 15) is 9.90 Å². The Hall–Kier alpha value is -8.20. The summed E-state index contributed by atoms with van der Waals surface area (Å²) in [6.45, 7) is 4.27. The summed E-state index contributed by atoms with van der Waals surface area (Å²) in [5.74, 6) is 1.87. The van der Waals surface area contributed by atoms with Gasteiger partial charge in [0.15, 0.2) is 5.13 Å². The predicted molar refractivity (Wildman–Crippen MR) is 288 cm³/mol. The molecule has 2 saturated heterocycles. The van der Waals surface area contributed by atoms with E-state index in [2.05, 4.69) is 27.4 Å². The Kier molecular flexibility index (Phi) is 14.8. The number of hydrogen-bond acceptors (Lipinski definition) is 13. The molecule has 3 N–H and O–H groups in total. The number of urea groups is 1. The Balaban J connectivity index is 1.24. The van der Waals surface area contributed by atoms with Gasteiger partial charge in [-0.1, -0.05) is 152 Å². The van der Waals surface area contributed by atoms with Crippen LogP contribution in [0.25, 0.3) is 10.2 Å². The SMILES string of the molecule is COC(=O)[C@@H](NC(=O)N1C(=O)[C@@]2(c3cc(C#CCN(C)Cc4ccccc4)ccc31)[C@H](C(=O)Nc1nc3ccccc3s1)[C@H]1C(=O)O[C@H](c3ccccc3)[C@H](c3ccccc3)N1[C@@H]2c1ccc(OCCO)cc1)C(C)C. The third-order valence-electron chi connectivity index (χ3n) is 14.3. The number of benzene rings is 6. The number of amides is 4. The monoisotopic (exact) mass is 1040 g/mol. The first-order chi connectivity index (χ1) is 36.9. The standard InChI is InChI=1S/C60H56N6O9S/c1-37(2)49(55(69)73-4)62-59(72)65-46-31-26-38(19-16-32-64(3)36-39-17-8-5-9-18-39)35-44(46)60(57(65)71)48(54(68)63-58-61-45-24-14-15-25-47(45)76-58)51-56(70)75-52(41-22-12-7-13-23-41)50(40-20-10-6-11-21-40)66(51)53(60)42-27-29-43(30-28-42)74-34-33-67/h5-15,17-18,20-31,35,37,48-53,67H,32-34,36H2,1-4H3,(H,62,72)(H,61,63,68)/t48-,49-,50-,51-,52+,53+,60-/m0/s1. The molecule has 0 unspecified atom stereocenters. The van der Waals surface area contributed by atoms with Crippen LogP contribution in [-0.2, 0) is 40.6 Å². The number of thiazole rings is 1. The summed E-state index contributed by atoms with van der Waals surface area (Å²) in [7, 11) is 3.18. The molecule has 386 valence electrons. The summed E-state index contributed by atoms with van der Waals surface area (Å²) in [6, 6.07) is 42.6. The molecule has 0 bridgehead atoms. The normalized spacial score (nSPS) is 21.1. The number of esters is 2. The molecular weight excluding hydrogens is 981 g/mol. The number of methoxy groups -OCH3 is 1. The summed E-state index contributed by atoms with van der Waals surface area (Å²) >= 11 is 1.24. The lowest BCUT2D eigenvalue weighted by Gasteiger charge is -2.46. The van der Waals surface area contributed by atoms with Crippen LogP contribution in [0.3, 0.4) is 0 Å². The van der Waals surface area contributed by atoms with Crippen molar-refractivity contribution in [3.8, 4) is 17.6 Å². The van der Waals surface area contributed by atoms with Crippen LogP contribution in [0.15, 0.2) is 158 Å². The Morgan fingerprint density at radius 2 is 1.51 bits per heavy atom. The number of aromatic nitrogens is 1. The van der Waals surface area contributed by atoms with Crippen molar-refractivity contribution in [2.45, 2.75) is 56.1 Å². The topological polar surface area (TPSA) is 180 Å². The van der Waals surface area contributed by atoms with E-state index < -0.39 is 77.3 Å². The largest absolute Gasteiger partial charge is 0.491 e. The van der Waals surface area contributed by atoms with Crippen LogP contribution < -0.4 is 20.3 Å². The highest BCUT2D eigenvalue weighted by molar-refractivity contribution is 7.22. The lowest BCUT2D eigenvalue weighted by molar-refractivity contribution is -0.177. The number of rotatable bonds is 14. The fourth-order valence-corrected chi connectivity index (χ4v) is 11.9. The Labute approximate surface area is 444 Å². The van der Waals surface area contributed by atoms with Crippen LogP contribution in [0.5, 0.6) is 5.75 Å². The third kappa shape index (κ3) is 9.58. The third-order valence-corrected chi connectivity index (χ3v) is 15.3. The predicted octanol–water partition coefficient (Wildman–Crippen LogP) is 8.36. The summed E-state index contributed by atoms with van der Waals surface area (Å²) in [5, 5.41) is 15.8. The maximum absolute atomic E-state index is 16.8. The molecule has 7 aromatic rings. The molecule has 16 heteroatoms. The first-order valence-electron chi connectivity index (χ1n) is 25.1. The van der Waals surface area contributed by atoms with Crippen molar-refractivity contribution in [3.63, 3.8) is 0 Å². The van der Waals surface area contributed by atoms with Gasteiger partial charge in [0.25, 0.3) is 0 Å². The van der Waals surface area contributed by atoms with E-state index in [0.29, 0.717) is 41.0 Å². The molecule has 7 atom stereocenters. The molecule has 3 aliphatic rings. The fraction of sp³-hybridized carbons (Fsp3) is 0.267. The van der Waals surface area contributed by atoms with Crippen molar-refractivity contribution < 1.29 is 43.3 Å². The number of aliphatic hydroxyl groups excluding tert-OH is 1. The van der Waals surface area contributed by atoms with Crippen LogP contribution in [0, 0.1) is 23.7 Å². The average Bonchev–Trinajstić information content (AvgIpc) is 4.23. The molecule has 15 nitrogen and oxygen atoms in total. The van der Waals surface area contributed by atoms with Crippen LogP contribution in [-0.4, -0.2) is 95.7 Å². The number of nitrogens with one attached hydrogen (secondary N) is 2. The molecule has 1 spiro atoms. The Bertz CT molecular complexity index is 3310. The number of hydrogen-bond donors (Lipinski definition) is 3. The lowest BCUT2D eigenvalue weighted by Crippen LogP contribution is -2.57. The number of ether oxygens (including phenoxy) is 3. The molecule has 0 radical (unpaired) electrons. The van der Waals surface area contributed by atoms with E-state index >= 15 is 19.2 Å². The summed E-state index contributed by atoms with van der Waals surface area (Å²) < 4.78 is 18.4. The smallest absolute Gasteiger partial charge is 0.329 e. The van der Waals surface area contributed by atoms with Gasteiger partial charge in [0.05, 0.1) is 54.2 Å². The van der Waals surface area contributed by atoms with Crippen molar-refractivity contribution >= 4 is 62.2 Å². The maximum atomic E-state index is 16.8. The van der Waals surface area contributed by atoms with Crippen molar-refractivity contribution in [1.29, 1.82) is 0 Å². The number of aliphatic hydroxyl groups is 1. The minimum atomic E-state index is -2.14. The van der Waals surface area contributed by atoms with Gasteiger partial charge in [0.1, 0.15) is 36.0 Å². The second-order valence-corrected chi connectivity index (χ2v) is 20.4. The van der Waals surface area contributed by atoms with Gasteiger partial charge in [0, 0.05) is 12.1 Å². The van der Waals surface area contributed by atoms with Gasteiger partial charge in [0.2, 0.25) is 11.8 Å². The zero-order valence-corrected chi connectivity index (χ0v) is 43.1. The minimum Gasteiger partial charge on any atom is -0.491 e. The van der Waals surface area contributed by atoms with Crippen molar-refractivity contribution in [1.82, 2.24) is 20.1 Å². The highest BCUT2D eigenvalue weighted by Gasteiger charge is 2.75. The molecule has 4 amide bonds. The quantitative estimate of drug-likeness (QED) is 0.0701. The number of imide groups is 1.